The summed E-state index contributed by atoms with van der Waals surface area (Å²) < 4.78 is 52.0. The Bertz CT molecular complexity index is 1100. The van der Waals surface area contributed by atoms with Crippen molar-refractivity contribution >= 4 is 12.0 Å². The van der Waals surface area contributed by atoms with Crippen LogP contribution < -0.4 is 10.6 Å². The first kappa shape index (κ1) is 26.9. The van der Waals surface area contributed by atoms with Gasteiger partial charge in [-0.3, -0.25) is 4.79 Å². The van der Waals surface area contributed by atoms with Crippen LogP contribution in [-0.4, -0.2) is 72.2 Å². The van der Waals surface area contributed by atoms with Gasteiger partial charge in [-0.1, -0.05) is 6.07 Å². The monoisotopic (exact) mass is 523 g/mol. The zero-order valence-electron chi connectivity index (χ0n) is 20.9. The maximum absolute atomic E-state index is 13.4. The zero-order valence-corrected chi connectivity index (χ0v) is 20.9. The van der Waals surface area contributed by atoms with Gasteiger partial charge in [0.05, 0.1) is 36.7 Å². The number of aromatic nitrogens is 2. The summed E-state index contributed by atoms with van der Waals surface area (Å²) in [6.45, 7) is 3.79. The molecule has 1 aromatic carbocycles. The lowest BCUT2D eigenvalue weighted by Crippen LogP contribution is -2.50. The van der Waals surface area contributed by atoms with E-state index in [2.05, 4.69) is 20.5 Å². The van der Waals surface area contributed by atoms with Crippen molar-refractivity contribution in [3.05, 3.63) is 47.3 Å². The van der Waals surface area contributed by atoms with E-state index in [0.29, 0.717) is 50.5 Å². The Morgan fingerprint density at radius 2 is 2.11 bits per heavy atom. The summed E-state index contributed by atoms with van der Waals surface area (Å²) in [5, 5.41) is 10.5. The van der Waals surface area contributed by atoms with Crippen LogP contribution in [0.4, 0.5) is 18.0 Å². The molecule has 1 saturated heterocycles. The third-order valence-corrected chi connectivity index (χ3v) is 6.53. The van der Waals surface area contributed by atoms with E-state index in [-0.39, 0.29) is 17.6 Å². The number of aryl methyl sites for hydroxylation is 1. The van der Waals surface area contributed by atoms with Crippen molar-refractivity contribution in [1.82, 2.24) is 25.3 Å². The SMILES string of the molecule is COC(=O)NCCCc1cc([C@@H](C)N(C(=O)[C@H]2CNCCO2)C2CC2)nn1-c1cccc(C(F)(F)F)c1. The summed E-state index contributed by atoms with van der Waals surface area (Å²) in [4.78, 5) is 26.5. The largest absolute Gasteiger partial charge is 0.453 e. The maximum atomic E-state index is 13.4. The van der Waals surface area contributed by atoms with E-state index in [1.54, 1.807) is 11.0 Å². The van der Waals surface area contributed by atoms with Gasteiger partial charge in [0.15, 0.2) is 0 Å². The highest BCUT2D eigenvalue weighted by Gasteiger charge is 2.41. The number of morpholine rings is 1. The second kappa shape index (κ2) is 11.5. The number of amides is 2. The average Bonchev–Trinajstić information content (AvgIpc) is 3.64. The molecule has 4 rings (SSSR count). The number of halogens is 3. The molecule has 2 fully saturated rings. The first-order chi connectivity index (χ1) is 17.7. The van der Waals surface area contributed by atoms with Crippen molar-refractivity contribution in [2.45, 2.75) is 57.0 Å². The molecular formula is C25H32F3N5O4. The summed E-state index contributed by atoms with van der Waals surface area (Å²) in [5.74, 6) is -0.111. The van der Waals surface area contributed by atoms with Gasteiger partial charge in [0, 0.05) is 31.4 Å². The van der Waals surface area contributed by atoms with E-state index in [1.807, 2.05) is 13.0 Å². The molecule has 1 saturated carbocycles. The number of hydrogen-bond donors (Lipinski definition) is 2. The fourth-order valence-corrected chi connectivity index (χ4v) is 4.46. The number of ether oxygens (including phenoxy) is 2. The van der Waals surface area contributed by atoms with Crippen LogP contribution in [0.3, 0.4) is 0 Å². The normalized spacial score (nSPS) is 18.8. The molecule has 2 amide bonds. The Hall–Kier alpha value is -3.12. The highest BCUT2D eigenvalue weighted by atomic mass is 19.4. The number of alkyl halides is 3. The van der Waals surface area contributed by atoms with Crippen LogP contribution in [0.25, 0.3) is 5.69 Å². The predicted molar refractivity (Wildman–Crippen MR) is 128 cm³/mol. The van der Waals surface area contributed by atoms with Gasteiger partial charge in [-0.2, -0.15) is 18.3 Å². The smallest absolute Gasteiger partial charge is 0.416 e. The van der Waals surface area contributed by atoms with Crippen LogP contribution in [0.1, 0.15) is 49.2 Å². The number of alkyl carbamates (subject to hydrolysis) is 1. The van der Waals surface area contributed by atoms with Gasteiger partial charge in [0.25, 0.3) is 5.91 Å². The van der Waals surface area contributed by atoms with E-state index in [9.17, 15) is 22.8 Å². The van der Waals surface area contributed by atoms with E-state index in [1.165, 1.54) is 17.9 Å². The minimum atomic E-state index is -4.49. The van der Waals surface area contributed by atoms with Crippen LogP contribution in [0.2, 0.25) is 0 Å². The Morgan fingerprint density at radius 3 is 2.76 bits per heavy atom. The number of nitrogens with zero attached hydrogens (tertiary/aromatic N) is 3. The van der Waals surface area contributed by atoms with Gasteiger partial charge in [-0.05, 0) is 56.9 Å². The molecular weight excluding hydrogens is 491 g/mol. The molecule has 2 heterocycles. The molecule has 9 nitrogen and oxygen atoms in total. The van der Waals surface area contributed by atoms with Gasteiger partial charge < -0.3 is 25.0 Å². The Morgan fingerprint density at radius 1 is 1.32 bits per heavy atom. The zero-order chi connectivity index (χ0) is 26.6. The number of hydrogen-bond acceptors (Lipinski definition) is 6. The third-order valence-electron chi connectivity index (χ3n) is 6.53. The summed E-state index contributed by atoms with van der Waals surface area (Å²) in [7, 11) is 1.27. The Kier molecular flexibility index (Phi) is 8.38. The molecule has 1 aromatic heterocycles. The van der Waals surface area contributed by atoms with Gasteiger partial charge in [-0.25, -0.2) is 9.48 Å². The molecule has 37 heavy (non-hydrogen) atoms. The molecule has 2 atom stereocenters. The quantitative estimate of drug-likeness (QED) is 0.490. The third kappa shape index (κ3) is 6.61. The average molecular weight is 524 g/mol. The van der Waals surface area contributed by atoms with Crippen molar-refractivity contribution in [2.24, 2.45) is 0 Å². The number of nitrogens with one attached hydrogen (secondary N) is 2. The molecule has 202 valence electrons. The molecule has 0 radical (unpaired) electrons. The van der Waals surface area contributed by atoms with Crippen LogP contribution in [-0.2, 0) is 26.9 Å². The van der Waals surface area contributed by atoms with E-state index < -0.39 is 30.0 Å². The van der Waals surface area contributed by atoms with E-state index in [4.69, 9.17) is 4.74 Å². The summed E-state index contributed by atoms with van der Waals surface area (Å²) in [6, 6.07) is 6.50. The van der Waals surface area contributed by atoms with E-state index >= 15 is 0 Å². The molecule has 1 aliphatic carbocycles. The molecule has 0 spiro atoms. The fourth-order valence-electron chi connectivity index (χ4n) is 4.46. The first-order valence-corrected chi connectivity index (χ1v) is 12.4. The molecule has 2 aliphatic rings. The number of carbonyl (C=O) groups is 2. The molecule has 1 aliphatic heterocycles. The van der Waals surface area contributed by atoms with Crippen LogP contribution in [0.5, 0.6) is 0 Å². The van der Waals surface area contributed by atoms with Crippen LogP contribution in [0.15, 0.2) is 30.3 Å². The molecule has 12 heteroatoms. The lowest BCUT2D eigenvalue weighted by Gasteiger charge is -2.33. The Balaban J connectivity index is 1.62. The summed E-state index contributed by atoms with van der Waals surface area (Å²) >= 11 is 0. The van der Waals surface area contributed by atoms with Crippen LogP contribution in [0, 0.1) is 0 Å². The highest BCUT2D eigenvalue weighted by molar-refractivity contribution is 5.82. The second-order valence-electron chi connectivity index (χ2n) is 9.26. The summed E-state index contributed by atoms with van der Waals surface area (Å²) in [6.07, 6.45) is -2.90. The summed E-state index contributed by atoms with van der Waals surface area (Å²) in [5.41, 5.74) is 0.752. The Labute approximate surface area is 213 Å². The molecule has 2 N–H and O–H groups in total. The lowest BCUT2D eigenvalue weighted by molar-refractivity contribution is -0.148. The van der Waals surface area contributed by atoms with Crippen molar-refractivity contribution < 1.29 is 32.2 Å². The van der Waals surface area contributed by atoms with Crippen molar-refractivity contribution in [3.63, 3.8) is 0 Å². The second-order valence-corrected chi connectivity index (χ2v) is 9.26. The first-order valence-electron chi connectivity index (χ1n) is 12.4. The van der Waals surface area contributed by atoms with Crippen molar-refractivity contribution in [2.75, 3.05) is 33.4 Å². The predicted octanol–water partition coefficient (Wildman–Crippen LogP) is 3.22. The lowest BCUT2D eigenvalue weighted by atomic mass is 10.1. The van der Waals surface area contributed by atoms with Crippen molar-refractivity contribution in [1.29, 1.82) is 0 Å². The highest BCUT2D eigenvalue weighted by Crippen LogP contribution is 2.36. The standard InChI is InChI=1S/C25H32F3N5O4/c1-16(32(18-8-9-18)23(34)22-15-29-11-12-37-22)21-14-20(7-4-10-30-24(35)36-2)33(31-21)19-6-3-5-17(13-19)25(26,27)28/h3,5-6,13-14,16,18,22,29H,4,7-12,15H2,1-2H3,(H,30,35)/t16-,22-/m1/s1. The van der Waals surface area contributed by atoms with Gasteiger partial charge in [-0.15, -0.1) is 0 Å². The van der Waals surface area contributed by atoms with Crippen molar-refractivity contribution in [3.8, 4) is 5.69 Å². The minimum absolute atomic E-state index is 0.0828. The van der Waals surface area contributed by atoms with Crippen LogP contribution >= 0.6 is 0 Å². The van der Waals surface area contributed by atoms with Gasteiger partial charge in [0.2, 0.25) is 0 Å². The molecule has 0 bridgehead atoms. The minimum Gasteiger partial charge on any atom is -0.453 e. The number of methoxy groups -OCH3 is 1. The van der Waals surface area contributed by atoms with E-state index in [0.717, 1.165) is 25.0 Å². The number of benzene rings is 1. The molecule has 0 unspecified atom stereocenters. The van der Waals surface area contributed by atoms with Gasteiger partial charge >= 0.3 is 12.3 Å². The number of carbonyl (C=O) groups excluding carboxylic acids is 2. The maximum Gasteiger partial charge on any atom is 0.416 e. The molecule has 2 aromatic rings. The number of rotatable bonds is 9. The van der Waals surface area contributed by atoms with Gasteiger partial charge in [0.1, 0.15) is 6.10 Å². The fraction of sp³-hybridized carbons (Fsp3) is 0.560. The topological polar surface area (TPSA) is 97.7 Å².